The van der Waals surface area contributed by atoms with Gasteiger partial charge in [0.15, 0.2) is 0 Å². The standard InChI is InChI=1S/C23H28O6/c1-2-13-27-23-20(26)21(28-14-16-9-5-3-6-10-16)18(24)19(25)22(23)29-15-17-11-7-4-8-12-17/h2-12,18-26H,1,13-15H2/t18-,19-,20-,21+,22+,23+/m1/s1. The van der Waals surface area contributed by atoms with Crippen LogP contribution in [0.5, 0.6) is 0 Å². The van der Waals surface area contributed by atoms with Crippen LogP contribution in [0.4, 0.5) is 0 Å². The van der Waals surface area contributed by atoms with Gasteiger partial charge in [0.2, 0.25) is 0 Å². The van der Waals surface area contributed by atoms with E-state index in [1.165, 1.54) is 0 Å². The SMILES string of the molecule is C=CCO[C@H]1[C@H](O)[C@@H](OCc2ccccc2)[C@H](O)[C@@H](O)[C@@H]1OCc1ccccc1. The molecule has 1 fully saturated rings. The van der Waals surface area contributed by atoms with Crippen molar-refractivity contribution in [2.75, 3.05) is 6.61 Å². The molecule has 156 valence electrons. The summed E-state index contributed by atoms with van der Waals surface area (Å²) in [7, 11) is 0. The first kappa shape index (κ1) is 21.6. The smallest absolute Gasteiger partial charge is 0.115 e. The van der Waals surface area contributed by atoms with E-state index < -0.39 is 36.6 Å². The van der Waals surface area contributed by atoms with E-state index in [4.69, 9.17) is 14.2 Å². The van der Waals surface area contributed by atoms with Crippen LogP contribution < -0.4 is 0 Å². The van der Waals surface area contributed by atoms with Gasteiger partial charge in [-0.1, -0.05) is 66.7 Å². The first-order chi connectivity index (χ1) is 14.1. The molecule has 0 unspecified atom stereocenters. The van der Waals surface area contributed by atoms with E-state index in [1.807, 2.05) is 60.7 Å². The van der Waals surface area contributed by atoms with Gasteiger partial charge < -0.3 is 29.5 Å². The summed E-state index contributed by atoms with van der Waals surface area (Å²) >= 11 is 0. The van der Waals surface area contributed by atoms with Gasteiger partial charge in [0.05, 0.1) is 19.8 Å². The highest BCUT2D eigenvalue weighted by atomic mass is 16.6. The fraction of sp³-hybridized carbons (Fsp3) is 0.391. The van der Waals surface area contributed by atoms with Crippen molar-refractivity contribution < 1.29 is 29.5 Å². The summed E-state index contributed by atoms with van der Waals surface area (Å²) in [6.45, 7) is 4.20. The van der Waals surface area contributed by atoms with Gasteiger partial charge in [-0.25, -0.2) is 0 Å². The maximum Gasteiger partial charge on any atom is 0.115 e. The fourth-order valence-corrected chi connectivity index (χ4v) is 3.46. The molecule has 0 bridgehead atoms. The molecule has 6 nitrogen and oxygen atoms in total. The Kier molecular flexibility index (Phi) is 7.94. The minimum Gasteiger partial charge on any atom is -0.387 e. The molecule has 0 aromatic heterocycles. The molecular formula is C23H28O6. The van der Waals surface area contributed by atoms with Gasteiger partial charge in [0.1, 0.15) is 36.6 Å². The minimum absolute atomic E-state index is 0.168. The summed E-state index contributed by atoms with van der Waals surface area (Å²) in [6.07, 6.45) is -5.05. The topological polar surface area (TPSA) is 88.4 Å². The zero-order valence-corrected chi connectivity index (χ0v) is 16.2. The van der Waals surface area contributed by atoms with Gasteiger partial charge in [0, 0.05) is 0 Å². The number of ether oxygens (including phenoxy) is 3. The normalized spacial score (nSPS) is 29.5. The maximum atomic E-state index is 10.9. The van der Waals surface area contributed by atoms with Crippen LogP contribution >= 0.6 is 0 Å². The summed E-state index contributed by atoms with van der Waals surface area (Å²) in [4.78, 5) is 0. The number of hydrogen-bond donors (Lipinski definition) is 3. The molecule has 1 aliphatic rings. The third-order valence-electron chi connectivity index (χ3n) is 5.00. The van der Waals surface area contributed by atoms with Crippen LogP contribution in [0.1, 0.15) is 11.1 Å². The zero-order chi connectivity index (χ0) is 20.6. The average molecular weight is 400 g/mol. The van der Waals surface area contributed by atoms with E-state index in [9.17, 15) is 15.3 Å². The molecule has 0 radical (unpaired) electrons. The molecule has 2 aromatic rings. The summed E-state index contributed by atoms with van der Waals surface area (Å²) in [5.74, 6) is 0. The molecule has 1 saturated carbocycles. The molecule has 0 aliphatic heterocycles. The Morgan fingerprint density at radius 1 is 0.655 bits per heavy atom. The Morgan fingerprint density at radius 3 is 1.62 bits per heavy atom. The number of hydrogen-bond acceptors (Lipinski definition) is 6. The molecule has 0 heterocycles. The van der Waals surface area contributed by atoms with Gasteiger partial charge in [-0.15, -0.1) is 6.58 Å². The summed E-state index contributed by atoms with van der Waals surface area (Å²) in [5.41, 5.74) is 1.81. The van der Waals surface area contributed by atoms with Crippen LogP contribution in [0.2, 0.25) is 0 Å². The number of aliphatic hydroxyl groups excluding tert-OH is 3. The second-order valence-electron chi connectivity index (χ2n) is 7.08. The van der Waals surface area contributed by atoms with Gasteiger partial charge in [-0.05, 0) is 11.1 Å². The lowest BCUT2D eigenvalue weighted by molar-refractivity contribution is -0.258. The third kappa shape index (κ3) is 5.51. The Bertz CT molecular complexity index is 738. The molecule has 29 heavy (non-hydrogen) atoms. The lowest BCUT2D eigenvalue weighted by atomic mass is 9.84. The summed E-state index contributed by atoms with van der Waals surface area (Å²) in [6, 6.07) is 18.9. The highest BCUT2D eigenvalue weighted by molar-refractivity contribution is 5.15. The van der Waals surface area contributed by atoms with Crippen LogP contribution in [0.25, 0.3) is 0 Å². The highest BCUT2D eigenvalue weighted by Crippen LogP contribution is 2.29. The van der Waals surface area contributed by atoms with Crippen LogP contribution in [0, 0.1) is 0 Å². The lowest BCUT2D eigenvalue weighted by Crippen LogP contribution is -2.65. The largest absolute Gasteiger partial charge is 0.387 e. The van der Waals surface area contributed by atoms with Gasteiger partial charge in [-0.3, -0.25) is 0 Å². The first-order valence-electron chi connectivity index (χ1n) is 9.69. The predicted octanol–water partition coefficient (Wildman–Crippen LogP) is 1.82. The van der Waals surface area contributed by atoms with E-state index in [1.54, 1.807) is 6.08 Å². The van der Waals surface area contributed by atoms with E-state index in [2.05, 4.69) is 6.58 Å². The molecule has 6 atom stereocenters. The number of rotatable bonds is 9. The minimum atomic E-state index is -1.32. The fourth-order valence-electron chi connectivity index (χ4n) is 3.46. The van der Waals surface area contributed by atoms with E-state index in [-0.39, 0.29) is 19.8 Å². The van der Waals surface area contributed by atoms with E-state index in [0.717, 1.165) is 11.1 Å². The number of benzene rings is 2. The first-order valence-corrected chi connectivity index (χ1v) is 9.69. The Hall–Kier alpha value is -2.06. The third-order valence-corrected chi connectivity index (χ3v) is 5.00. The quantitative estimate of drug-likeness (QED) is 0.557. The van der Waals surface area contributed by atoms with Crippen molar-refractivity contribution >= 4 is 0 Å². The average Bonchev–Trinajstić information content (AvgIpc) is 2.76. The number of aliphatic hydroxyl groups is 3. The monoisotopic (exact) mass is 400 g/mol. The summed E-state index contributed by atoms with van der Waals surface area (Å²) < 4.78 is 17.3. The Labute approximate surface area is 171 Å². The molecule has 1 aliphatic carbocycles. The molecule has 0 saturated heterocycles. The van der Waals surface area contributed by atoms with Gasteiger partial charge in [0.25, 0.3) is 0 Å². The second-order valence-corrected chi connectivity index (χ2v) is 7.08. The molecule has 0 spiro atoms. The van der Waals surface area contributed by atoms with Crippen molar-refractivity contribution in [2.24, 2.45) is 0 Å². The van der Waals surface area contributed by atoms with Crippen molar-refractivity contribution in [3.05, 3.63) is 84.4 Å². The molecule has 0 amide bonds. The van der Waals surface area contributed by atoms with Crippen LogP contribution in [0.3, 0.4) is 0 Å². The predicted molar refractivity (Wildman–Crippen MR) is 108 cm³/mol. The zero-order valence-electron chi connectivity index (χ0n) is 16.2. The van der Waals surface area contributed by atoms with Crippen molar-refractivity contribution in [3.63, 3.8) is 0 Å². The van der Waals surface area contributed by atoms with Crippen molar-refractivity contribution in [1.82, 2.24) is 0 Å². The van der Waals surface area contributed by atoms with Crippen molar-refractivity contribution in [3.8, 4) is 0 Å². The van der Waals surface area contributed by atoms with Gasteiger partial charge in [-0.2, -0.15) is 0 Å². The molecule has 6 heteroatoms. The molecule has 3 N–H and O–H groups in total. The lowest BCUT2D eigenvalue weighted by Gasteiger charge is -2.45. The van der Waals surface area contributed by atoms with E-state index in [0.29, 0.717) is 0 Å². The molecule has 2 aromatic carbocycles. The molecular weight excluding hydrogens is 372 g/mol. The van der Waals surface area contributed by atoms with Crippen LogP contribution in [-0.2, 0) is 27.4 Å². The van der Waals surface area contributed by atoms with Crippen LogP contribution in [0.15, 0.2) is 73.3 Å². The van der Waals surface area contributed by atoms with Crippen molar-refractivity contribution in [2.45, 2.75) is 49.8 Å². The van der Waals surface area contributed by atoms with Gasteiger partial charge >= 0.3 is 0 Å². The maximum absolute atomic E-state index is 10.9. The van der Waals surface area contributed by atoms with E-state index >= 15 is 0 Å². The molecule has 3 rings (SSSR count). The van der Waals surface area contributed by atoms with Crippen LogP contribution in [-0.4, -0.2) is 58.6 Å². The highest BCUT2D eigenvalue weighted by Gasteiger charge is 2.51. The Balaban J connectivity index is 1.71. The van der Waals surface area contributed by atoms with Crippen molar-refractivity contribution in [1.29, 1.82) is 0 Å². The second kappa shape index (κ2) is 10.6. The summed E-state index contributed by atoms with van der Waals surface area (Å²) in [5, 5.41) is 32.2. The Morgan fingerprint density at radius 2 is 1.10 bits per heavy atom.